The Labute approximate surface area is 122 Å². The summed E-state index contributed by atoms with van der Waals surface area (Å²) in [5.74, 6) is 0.867. The highest BCUT2D eigenvalue weighted by atomic mass is 16.6. The third-order valence-corrected chi connectivity index (χ3v) is 3.71. The Kier molecular flexibility index (Phi) is 4.42. The number of hydrogen-bond acceptors (Lipinski definition) is 6. The van der Waals surface area contributed by atoms with Crippen LogP contribution in [-0.2, 0) is 20.8 Å². The molecule has 2 saturated heterocycles. The SMILES string of the molecule is CCNC(=O)O[C@@H]1CO[C@H]2[C@@H]1OC[C@@H]2NCc1ccco1. The second-order valence-electron chi connectivity index (χ2n) is 5.14. The lowest BCUT2D eigenvalue weighted by Gasteiger charge is -2.17. The molecule has 0 unspecified atom stereocenters. The van der Waals surface area contributed by atoms with Crippen molar-refractivity contribution in [2.45, 2.75) is 37.8 Å². The molecule has 7 heteroatoms. The van der Waals surface area contributed by atoms with Gasteiger partial charge in [0.15, 0.2) is 6.10 Å². The van der Waals surface area contributed by atoms with Crippen molar-refractivity contribution in [2.75, 3.05) is 19.8 Å². The van der Waals surface area contributed by atoms with E-state index in [9.17, 15) is 4.79 Å². The van der Waals surface area contributed by atoms with Crippen LogP contribution in [0.25, 0.3) is 0 Å². The first-order valence-corrected chi connectivity index (χ1v) is 7.21. The predicted molar refractivity (Wildman–Crippen MR) is 72.8 cm³/mol. The summed E-state index contributed by atoms with van der Waals surface area (Å²) >= 11 is 0. The lowest BCUT2D eigenvalue weighted by atomic mass is 10.1. The summed E-state index contributed by atoms with van der Waals surface area (Å²) in [4.78, 5) is 11.5. The lowest BCUT2D eigenvalue weighted by Crippen LogP contribution is -2.41. The van der Waals surface area contributed by atoms with Gasteiger partial charge in [-0.2, -0.15) is 0 Å². The molecule has 0 aromatic carbocycles. The van der Waals surface area contributed by atoms with Gasteiger partial charge >= 0.3 is 6.09 Å². The van der Waals surface area contributed by atoms with Gasteiger partial charge < -0.3 is 29.3 Å². The van der Waals surface area contributed by atoms with Crippen molar-refractivity contribution in [1.82, 2.24) is 10.6 Å². The molecule has 0 saturated carbocycles. The zero-order chi connectivity index (χ0) is 14.7. The Bertz CT molecular complexity index is 464. The number of carbonyl (C=O) groups excluding carboxylic acids is 1. The Morgan fingerprint density at radius 3 is 3.00 bits per heavy atom. The first kappa shape index (κ1) is 14.4. The number of rotatable bonds is 5. The van der Waals surface area contributed by atoms with E-state index in [1.165, 1.54) is 0 Å². The Morgan fingerprint density at radius 1 is 1.38 bits per heavy atom. The van der Waals surface area contributed by atoms with Crippen LogP contribution in [0.15, 0.2) is 22.8 Å². The highest BCUT2D eigenvalue weighted by Crippen LogP contribution is 2.29. The van der Waals surface area contributed by atoms with E-state index in [0.717, 1.165) is 5.76 Å². The molecule has 0 bridgehead atoms. The van der Waals surface area contributed by atoms with E-state index in [0.29, 0.717) is 26.3 Å². The smallest absolute Gasteiger partial charge is 0.407 e. The van der Waals surface area contributed by atoms with Crippen LogP contribution in [-0.4, -0.2) is 50.2 Å². The van der Waals surface area contributed by atoms with Crippen LogP contribution < -0.4 is 10.6 Å². The highest BCUT2D eigenvalue weighted by molar-refractivity contribution is 5.67. The third-order valence-electron chi connectivity index (χ3n) is 3.71. The molecule has 2 fully saturated rings. The van der Waals surface area contributed by atoms with Gasteiger partial charge in [0.05, 0.1) is 32.1 Å². The number of amides is 1. The highest BCUT2D eigenvalue weighted by Gasteiger charge is 2.49. The summed E-state index contributed by atoms with van der Waals surface area (Å²) in [7, 11) is 0. The number of furan rings is 1. The van der Waals surface area contributed by atoms with E-state index in [2.05, 4.69) is 10.6 Å². The summed E-state index contributed by atoms with van der Waals surface area (Å²) in [6, 6.07) is 3.84. The first-order valence-electron chi connectivity index (χ1n) is 7.21. The van der Waals surface area contributed by atoms with E-state index in [4.69, 9.17) is 18.6 Å². The second kappa shape index (κ2) is 6.46. The lowest BCUT2D eigenvalue weighted by molar-refractivity contribution is 0.00397. The molecule has 2 aliphatic rings. The van der Waals surface area contributed by atoms with Crippen molar-refractivity contribution in [2.24, 2.45) is 0 Å². The fraction of sp³-hybridized carbons (Fsp3) is 0.643. The predicted octanol–water partition coefficient (Wildman–Crippen LogP) is 0.650. The minimum Gasteiger partial charge on any atom is -0.468 e. The largest absolute Gasteiger partial charge is 0.468 e. The summed E-state index contributed by atoms with van der Waals surface area (Å²) in [5.41, 5.74) is 0. The number of alkyl carbamates (subject to hydrolysis) is 1. The van der Waals surface area contributed by atoms with Crippen molar-refractivity contribution < 1.29 is 23.4 Å². The molecule has 3 rings (SSSR count). The van der Waals surface area contributed by atoms with Crippen molar-refractivity contribution in [3.8, 4) is 0 Å². The maximum Gasteiger partial charge on any atom is 0.407 e. The molecular weight excluding hydrogens is 276 g/mol. The van der Waals surface area contributed by atoms with Crippen LogP contribution in [0.4, 0.5) is 4.79 Å². The number of ether oxygens (including phenoxy) is 3. The van der Waals surface area contributed by atoms with E-state index in [-0.39, 0.29) is 24.4 Å². The molecule has 4 atom stereocenters. The van der Waals surface area contributed by atoms with Gasteiger partial charge in [0.2, 0.25) is 0 Å². The monoisotopic (exact) mass is 296 g/mol. The Morgan fingerprint density at radius 2 is 2.24 bits per heavy atom. The number of hydrogen-bond donors (Lipinski definition) is 2. The quantitative estimate of drug-likeness (QED) is 0.830. The van der Waals surface area contributed by atoms with Crippen molar-refractivity contribution in [3.63, 3.8) is 0 Å². The molecule has 0 aliphatic carbocycles. The van der Waals surface area contributed by atoms with Crippen molar-refractivity contribution in [1.29, 1.82) is 0 Å². The number of fused-ring (bicyclic) bond motifs is 1. The van der Waals surface area contributed by atoms with Crippen LogP contribution in [0.2, 0.25) is 0 Å². The van der Waals surface area contributed by atoms with Gasteiger partial charge in [-0.15, -0.1) is 0 Å². The minimum atomic E-state index is -0.428. The molecule has 21 heavy (non-hydrogen) atoms. The average Bonchev–Trinajstić information content (AvgIpc) is 3.16. The standard InChI is InChI=1S/C14H20N2O5/c1-2-15-14(17)21-11-8-20-12-10(7-19-13(11)12)16-6-9-4-3-5-18-9/h3-5,10-13,16H,2,6-8H2,1H3,(H,15,17)/t10-,11+,12+,13+/m0/s1. The molecule has 1 aromatic rings. The molecule has 7 nitrogen and oxygen atoms in total. The van der Waals surface area contributed by atoms with Gasteiger partial charge in [-0.25, -0.2) is 4.79 Å². The molecular formula is C14H20N2O5. The molecule has 116 valence electrons. The van der Waals surface area contributed by atoms with Crippen LogP contribution >= 0.6 is 0 Å². The minimum absolute atomic E-state index is 0.0722. The zero-order valence-electron chi connectivity index (χ0n) is 11.9. The zero-order valence-corrected chi connectivity index (χ0v) is 11.9. The number of carbonyl (C=O) groups is 1. The van der Waals surface area contributed by atoms with Gasteiger partial charge in [0.25, 0.3) is 0 Å². The second-order valence-corrected chi connectivity index (χ2v) is 5.14. The number of nitrogens with one attached hydrogen (secondary N) is 2. The normalized spacial score (nSPS) is 31.1. The van der Waals surface area contributed by atoms with E-state index in [1.54, 1.807) is 6.26 Å². The van der Waals surface area contributed by atoms with E-state index in [1.807, 2.05) is 19.1 Å². The molecule has 1 aromatic heterocycles. The topological polar surface area (TPSA) is 82.0 Å². The van der Waals surface area contributed by atoms with E-state index < -0.39 is 6.09 Å². The maximum atomic E-state index is 11.5. The maximum absolute atomic E-state index is 11.5. The first-order chi connectivity index (χ1) is 10.3. The van der Waals surface area contributed by atoms with E-state index >= 15 is 0 Å². The molecule has 2 N–H and O–H groups in total. The molecule has 2 aliphatic heterocycles. The molecule has 0 spiro atoms. The molecule has 3 heterocycles. The van der Waals surface area contributed by atoms with Gasteiger partial charge in [-0.3, -0.25) is 0 Å². The van der Waals surface area contributed by atoms with Gasteiger partial charge in [0, 0.05) is 6.54 Å². The molecule has 1 amide bonds. The summed E-state index contributed by atoms with van der Waals surface area (Å²) < 4.78 is 22.1. The van der Waals surface area contributed by atoms with Crippen LogP contribution in [0, 0.1) is 0 Å². The fourth-order valence-corrected chi connectivity index (χ4v) is 2.71. The van der Waals surface area contributed by atoms with Gasteiger partial charge in [-0.05, 0) is 19.1 Å². The Hall–Kier alpha value is -1.57. The van der Waals surface area contributed by atoms with Crippen molar-refractivity contribution in [3.05, 3.63) is 24.2 Å². The van der Waals surface area contributed by atoms with Gasteiger partial charge in [0.1, 0.15) is 18.0 Å². The summed E-state index contributed by atoms with van der Waals surface area (Å²) in [6.07, 6.45) is 0.563. The van der Waals surface area contributed by atoms with Crippen LogP contribution in [0.3, 0.4) is 0 Å². The van der Waals surface area contributed by atoms with Crippen molar-refractivity contribution >= 4 is 6.09 Å². The Balaban J connectivity index is 1.50. The average molecular weight is 296 g/mol. The molecule has 0 radical (unpaired) electrons. The summed E-state index contributed by atoms with van der Waals surface area (Å²) in [6.45, 7) is 3.90. The summed E-state index contributed by atoms with van der Waals surface area (Å²) in [5, 5.41) is 5.96. The third kappa shape index (κ3) is 3.20. The fourth-order valence-electron chi connectivity index (χ4n) is 2.71. The van der Waals surface area contributed by atoms with Crippen LogP contribution in [0.1, 0.15) is 12.7 Å². The van der Waals surface area contributed by atoms with Gasteiger partial charge in [-0.1, -0.05) is 0 Å². The van der Waals surface area contributed by atoms with Crippen LogP contribution in [0.5, 0.6) is 0 Å².